The first kappa shape index (κ1) is 24.0. The number of unbranched alkanes of at least 4 members (excludes halogenated alkanes) is 10. The molecule has 5 nitrogen and oxygen atoms in total. The second-order valence-electron chi connectivity index (χ2n) is 7.16. The molecule has 0 saturated heterocycles. The first-order valence-corrected chi connectivity index (χ1v) is 10.8. The topological polar surface area (TPSA) is 59.9 Å². The number of ether oxygens (including phenoxy) is 2. The monoisotopic (exact) mass is 390 g/mol. The van der Waals surface area contributed by atoms with Crippen LogP contribution >= 0.6 is 0 Å². The van der Waals surface area contributed by atoms with E-state index in [-0.39, 0.29) is 5.91 Å². The van der Waals surface area contributed by atoms with Gasteiger partial charge in [-0.2, -0.15) is 5.10 Å². The summed E-state index contributed by atoms with van der Waals surface area (Å²) in [5.41, 5.74) is 3.35. The second kappa shape index (κ2) is 16.0. The molecule has 1 aromatic rings. The van der Waals surface area contributed by atoms with Crippen LogP contribution in [0.3, 0.4) is 0 Å². The summed E-state index contributed by atoms with van der Waals surface area (Å²) < 4.78 is 10.6. The van der Waals surface area contributed by atoms with Gasteiger partial charge in [0.25, 0.3) is 0 Å². The molecule has 0 aliphatic carbocycles. The molecule has 0 aromatic heterocycles. The van der Waals surface area contributed by atoms with Crippen LogP contribution in [-0.2, 0) is 4.79 Å². The summed E-state index contributed by atoms with van der Waals surface area (Å²) >= 11 is 0. The van der Waals surface area contributed by atoms with Crippen molar-refractivity contribution in [2.75, 3.05) is 14.2 Å². The highest BCUT2D eigenvalue weighted by Gasteiger charge is 2.07. The number of rotatable bonds is 16. The molecular weight excluding hydrogens is 352 g/mol. The number of methoxy groups -OCH3 is 2. The van der Waals surface area contributed by atoms with Gasteiger partial charge in [-0.3, -0.25) is 4.79 Å². The van der Waals surface area contributed by atoms with Crippen molar-refractivity contribution in [3.63, 3.8) is 0 Å². The first-order chi connectivity index (χ1) is 13.7. The molecule has 1 aromatic carbocycles. The number of benzene rings is 1. The Kier molecular flexibility index (Phi) is 13.7. The number of hydrogen-bond acceptors (Lipinski definition) is 4. The summed E-state index contributed by atoms with van der Waals surface area (Å²) in [7, 11) is 3.18. The van der Waals surface area contributed by atoms with Gasteiger partial charge in [-0.15, -0.1) is 0 Å². The molecule has 158 valence electrons. The number of hydrogen-bond donors (Lipinski definition) is 1. The molecule has 0 saturated carbocycles. The van der Waals surface area contributed by atoms with E-state index in [1.165, 1.54) is 57.8 Å². The van der Waals surface area contributed by atoms with Crippen LogP contribution < -0.4 is 14.9 Å². The summed E-state index contributed by atoms with van der Waals surface area (Å²) in [5, 5.41) is 4.04. The van der Waals surface area contributed by atoms with E-state index in [0.717, 1.165) is 18.4 Å². The zero-order chi connectivity index (χ0) is 20.5. The maximum atomic E-state index is 11.9. The largest absolute Gasteiger partial charge is 0.493 e. The number of nitrogens with one attached hydrogen (secondary N) is 1. The molecule has 1 N–H and O–H groups in total. The fraction of sp³-hybridized carbons (Fsp3) is 0.652. The summed E-state index contributed by atoms with van der Waals surface area (Å²) in [6.45, 7) is 2.25. The Labute approximate surface area is 170 Å². The van der Waals surface area contributed by atoms with Crippen molar-refractivity contribution in [2.24, 2.45) is 5.10 Å². The normalized spacial score (nSPS) is 11.0. The smallest absolute Gasteiger partial charge is 0.240 e. The highest BCUT2D eigenvalue weighted by Crippen LogP contribution is 2.29. The minimum atomic E-state index is -0.0472. The maximum absolute atomic E-state index is 11.9. The van der Waals surface area contributed by atoms with E-state index in [1.54, 1.807) is 20.4 Å². The van der Waals surface area contributed by atoms with E-state index in [1.807, 2.05) is 18.2 Å². The molecule has 1 amide bonds. The van der Waals surface area contributed by atoms with Crippen molar-refractivity contribution in [2.45, 2.75) is 84.0 Å². The standard InChI is InChI=1S/C23H38N2O3/c1-4-5-6-7-8-9-10-11-12-13-14-18-22(26)25-24-19-20-16-15-17-21(27-2)23(20)28-3/h15-17,19H,4-14,18H2,1-3H3,(H,25,26). The van der Waals surface area contributed by atoms with E-state index < -0.39 is 0 Å². The average molecular weight is 391 g/mol. The molecule has 0 fully saturated rings. The Morgan fingerprint density at radius 2 is 1.54 bits per heavy atom. The van der Waals surface area contributed by atoms with Crippen molar-refractivity contribution in [1.82, 2.24) is 5.43 Å². The molecule has 0 aliphatic rings. The molecule has 0 radical (unpaired) electrons. The number of carbonyl (C=O) groups is 1. The van der Waals surface area contributed by atoms with Gasteiger partial charge in [0.05, 0.1) is 20.4 Å². The lowest BCUT2D eigenvalue weighted by atomic mass is 10.1. The van der Waals surface area contributed by atoms with Crippen LogP contribution in [0.25, 0.3) is 0 Å². The van der Waals surface area contributed by atoms with E-state index in [2.05, 4.69) is 17.5 Å². The van der Waals surface area contributed by atoms with E-state index in [4.69, 9.17) is 9.47 Å². The molecule has 0 spiro atoms. The summed E-state index contributed by atoms with van der Waals surface area (Å²) in [6, 6.07) is 5.54. The molecule has 0 bridgehead atoms. The van der Waals surface area contributed by atoms with Gasteiger partial charge in [0.2, 0.25) is 5.91 Å². The molecule has 0 unspecified atom stereocenters. The Bertz CT molecular complexity index is 573. The number of nitrogens with zero attached hydrogens (tertiary/aromatic N) is 1. The summed E-state index contributed by atoms with van der Waals surface area (Å²) in [4.78, 5) is 11.9. The lowest BCUT2D eigenvalue weighted by molar-refractivity contribution is -0.121. The summed E-state index contributed by atoms with van der Waals surface area (Å²) in [6.07, 6.45) is 16.1. The molecule has 28 heavy (non-hydrogen) atoms. The fourth-order valence-corrected chi connectivity index (χ4v) is 3.19. The van der Waals surface area contributed by atoms with Crippen LogP contribution in [0.5, 0.6) is 11.5 Å². The van der Waals surface area contributed by atoms with E-state index in [9.17, 15) is 4.79 Å². The molecule has 0 aliphatic heterocycles. The Morgan fingerprint density at radius 3 is 2.11 bits per heavy atom. The summed E-state index contributed by atoms with van der Waals surface area (Å²) in [5.74, 6) is 1.20. The lowest BCUT2D eigenvalue weighted by Crippen LogP contribution is -2.17. The number of carbonyl (C=O) groups excluding carboxylic acids is 1. The Hall–Kier alpha value is -2.04. The zero-order valence-corrected chi connectivity index (χ0v) is 18.0. The van der Waals surface area contributed by atoms with Gasteiger partial charge in [0.15, 0.2) is 11.5 Å². The van der Waals surface area contributed by atoms with Gasteiger partial charge in [-0.05, 0) is 18.6 Å². The maximum Gasteiger partial charge on any atom is 0.240 e. The van der Waals surface area contributed by atoms with Crippen molar-refractivity contribution in [1.29, 1.82) is 0 Å². The average Bonchev–Trinajstić information content (AvgIpc) is 2.71. The van der Waals surface area contributed by atoms with Crippen molar-refractivity contribution in [3.8, 4) is 11.5 Å². The van der Waals surface area contributed by atoms with Gasteiger partial charge < -0.3 is 9.47 Å². The van der Waals surface area contributed by atoms with Crippen LogP contribution in [0.4, 0.5) is 0 Å². The molecule has 0 heterocycles. The lowest BCUT2D eigenvalue weighted by Gasteiger charge is -2.09. The molecule has 1 rings (SSSR count). The zero-order valence-electron chi connectivity index (χ0n) is 18.0. The van der Waals surface area contributed by atoms with Gasteiger partial charge in [0.1, 0.15) is 0 Å². The minimum absolute atomic E-state index is 0.0472. The minimum Gasteiger partial charge on any atom is -0.493 e. The van der Waals surface area contributed by atoms with Crippen LogP contribution in [0.1, 0.15) is 89.5 Å². The number of para-hydroxylation sites is 1. The van der Waals surface area contributed by atoms with Gasteiger partial charge in [-0.1, -0.05) is 77.2 Å². The highest BCUT2D eigenvalue weighted by molar-refractivity contribution is 5.86. The molecule has 5 heteroatoms. The molecule has 0 atom stereocenters. The van der Waals surface area contributed by atoms with Crippen molar-refractivity contribution >= 4 is 12.1 Å². The van der Waals surface area contributed by atoms with Crippen LogP contribution in [0.15, 0.2) is 23.3 Å². The van der Waals surface area contributed by atoms with Gasteiger partial charge in [0, 0.05) is 12.0 Å². The van der Waals surface area contributed by atoms with Crippen LogP contribution in [0, 0.1) is 0 Å². The predicted octanol–water partition coefficient (Wildman–Crippen LogP) is 5.86. The fourth-order valence-electron chi connectivity index (χ4n) is 3.19. The van der Waals surface area contributed by atoms with Gasteiger partial charge in [-0.25, -0.2) is 5.43 Å². The van der Waals surface area contributed by atoms with Gasteiger partial charge >= 0.3 is 0 Å². The third-order valence-corrected chi connectivity index (χ3v) is 4.83. The molecular formula is C23H38N2O3. The Morgan fingerprint density at radius 1 is 0.929 bits per heavy atom. The predicted molar refractivity (Wildman–Crippen MR) is 116 cm³/mol. The Balaban J connectivity index is 2.11. The second-order valence-corrected chi connectivity index (χ2v) is 7.16. The van der Waals surface area contributed by atoms with E-state index >= 15 is 0 Å². The van der Waals surface area contributed by atoms with Crippen LogP contribution in [-0.4, -0.2) is 26.3 Å². The third-order valence-electron chi connectivity index (χ3n) is 4.83. The first-order valence-electron chi connectivity index (χ1n) is 10.8. The van der Waals surface area contributed by atoms with Crippen molar-refractivity contribution < 1.29 is 14.3 Å². The SMILES string of the molecule is CCCCCCCCCCCCCC(=O)NN=Cc1cccc(OC)c1OC. The van der Waals surface area contributed by atoms with Crippen LogP contribution in [0.2, 0.25) is 0 Å². The highest BCUT2D eigenvalue weighted by atomic mass is 16.5. The number of hydrazone groups is 1. The third kappa shape index (κ3) is 10.3. The number of amides is 1. The van der Waals surface area contributed by atoms with E-state index in [0.29, 0.717) is 17.9 Å². The quantitative estimate of drug-likeness (QED) is 0.219. The van der Waals surface area contributed by atoms with Crippen molar-refractivity contribution in [3.05, 3.63) is 23.8 Å².